The number of allylic oxidation sites excluding steroid dienone is 2. The fraction of sp³-hybridized carbons (Fsp3) is 0.571. The Morgan fingerprint density at radius 2 is 2.20 bits per heavy atom. The second-order valence-electron chi connectivity index (χ2n) is 1.91. The van der Waals surface area contributed by atoms with Crippen LogP contribution in [0.25, 0.3) is 0 Å². The molecule has 0 saturated heterocycles. The van der Waals surface area contributed by atoms with E-state index in [1.54, 1.807) is 0 Å². The number of rotatable bonds is 5. The van der Waals surface area contributed by atoms with Gasteiger partial charge in [-0.25, -0.2) is 0 Å². The zero-order valence-electron chi connectivity index (χ0n) is 5.72. The van der Waals surface area contributed by atoms with Crippen LogP contribution in [0.1, 0.15) is 19.3 Å². The van der Waals surface area contributed by atoms with Gasteiger partial charge in [-0.05, 0) is 12.8 Å². The summed E-state index contributed by atoms with van der Waals surface area (Å²) in [4.78, 5) is 10.00. The number of hydrogen-bond donors (Lipinski definition) is 1. The lowest BCUT2D eigenvalue weighted by Crippen LogP contribution is -1.92. The lowest BCUT2D eigenvalue weighted by molar-refractivity contribution is -0.137. The van der Waals surface area contributed by atoms with Gasteiger partial charge in [-0.15, -0.1) is 0 Å². The van der Waals surface area contributed by atoms with Crippen LogP contribution in [-0.2, 0) is 4.79 Å². The van der Waals surface area contributed by atoms with Gasteiger partial charge in [0, 0.05) is 11.8 Å². The van der Waals surface area contributed by atoms with Crippen LogP contribution in [0.2, 0.25) is 0 Å². The quantitative estimate of drug-likeness (QED) is 0.426. The summed E-state index contributed by atoms with van der Waals surface area (Å²) in [6.07, 6.45) is 5.82. The molecule has 0 radical (unpaired) electrons. The molecule has 0 amide bonds. The highest BCUT2D eigenvalue weighted by Gasteiger charge is 1.92. The lowest BCUT2D eigenvalue weighted by Gasteiger charge is -1.88. The van der Waals surface area contributed by atoms with Crippen molar-refractivity contribution in [2.24, 2.45) is 0 Å². The molecule has 0 unspecified atom stereocenters. The lowest BCUT2D eigenvalue weighted by atomic mass is 10.2. The molecule has 0 bridgehead atoms. The highest BCUT2D eigenvalue weighted by molar-refractivity contribution is 9.09. The summed E-state index contributed by atoms with van der Waals surface area (Å²) < 4.78 is 0. The fourth-order valence-corrected chi connectivity index (χ4v) is 0.816. The summed E-state index contributed by atoms with van der Waals surface area (Å²) in [6, 6.07) is 0. The third-order valence-electron chi connectivity index (χ3n) is 1.02. The molecule has 1 N–H and O–H groups in total. The minimum atomic E-state index is -0.716. The van der Waals surface area contributed by atoms with Crippen molar-refractivity contribution in [1.29, 1.82) is 0 Å². The van der Waals surface area contributed by atoms with Crippen LogP contribution in [0.4, 0.5) is 0 Å². The molecule has 0 aliphatic carbocycles. The third-order valence-corrected chi connectivity index (χ3v) is 1.39. The molecule has 0 aliphatic heterocycles. The van der Waals surface area contributed by atoms with Gasteiger partial charge in [0.25, 0.3) is 0 Å². The molecule has 0 spiro atoms. The van der Waals surface area contributed by atoms with E-state index in [4.69, 9.17) is 5.11 Å². The first-order valence-electron chi connectivity index (χ1n) is 3.20. The zero-order chi connectivity index (χ0) is 7.82. The van der Waals surface area contributed by atoms with E-state index in [0.717, 1.165) is 18.2 Å². The number of carboxylic acid groups (broad SMARTS) is 1. The Labute approximate surface area is 69.1 Å². The van der Waals surface area contributed by atoms with E-state index >= 15 is 0 Å². The highest BCUT2D eigenvalue weighted by atomic mass is 79.9. The van der Waals surface area contributed by atoms with Crippen LogP contribution in [0.15, 0.2) is 12.2 Å². The summed E-state index contributed by atoms with van der Waals surface area (Å²) in [7, 11) is 0. The first-order valence-corrected chi connectivity index (χ1v) is 4.32. The van der Waals surface area contributed by atoms with E-state index in [1.807, 2.05) is 12.2 Å². The fourth-order valence-electron chi connectivity index (χ4n) is 0.552. The topological polar surface area (TPSA) is 37.3 Å². The summed E-state index contributed by atoms with van der Waals surface area (Å²) in [5, 5.41) is 9.08. The van der Waals surface area contributed by atoms with E-state index in [9.17, 15) is 4.79 Å². The van der Waals surface area contributed by atoms with Crippen molar-refractivity contribution in [3.8, 4) is 0 Å². The number of halogens is 1. The van der Waals surface area contributed by atoms with Crippen molar-refractivity contribution >= 4 is 21.9 Å². The van der Waals surface area contributed by atoms with E-state index < -0.39 is 5.97 Å². The standard InChI is InChI=1S/C7H11BrO2/c8-6-4-2-1-3-5-7(9)10/h2,4H,1,3,5-6H2,(H,9,10). The second-order valence-corrected chi connectivity index (χ2v) is 2.56. The van der Waals surface area contributed by atoms with Crippen molar-refractivity contribution in [3.05, 3.63) is 12.2 Å². The van der Waals surface area contributed by atoms with Crippen molar-refractivity contribution < 1.29 is 9.90 Å². The van der Waals surface area contributed by atoms with Gasteiger partial charge in [-0.3, -0.25) is 4.79 Å². The zero-order valence-corrected chi connectivity index (χ0v) is 7.30. The molecule has 0 aromatic carbocycles. The van der Waals surface area contributed by atoms with E-state index in [-0.39, 0.29) is 6.42 Å². The summed E-state index contributed by atoms with van der Waals surface area (Å²) in [6.45, 7) is 0. The minimum absolute atomic E-state index is 0.270. The van der Waals surface area contributed by atoms with E-state index in [0.29, 0.717) is 0 Å². The Balaban J connectivity index is 3.05. The molecule has 0 rings (SSSR count). The molecule has 0 aromatic rings. The Bertz CT molecular complexity index is 121. The summed E-state index contributed by atoms with van der Waals surface area (Å²) >= 11 is 3.23. The van der Waals surface area contributed by atoms with Crippen molar-refractivity contribution in [1.82, 2.24) is 0 Å². The van der Waals surface area contributed by atoms with Crippen molar-refractivity contribution in [2.75, 3.05) is 5.33 Å². The number of unbranched alkanes of at least 4 members (excludes halogenated alkanes) is 1. The van der Waals surface area contributed by atoms with Gasteiger partial charge in [0.05, 0.1) is 0 Å². The Hall–Kier alpha value is -0.310. The average molecular weight is 207 g/mol. The monoisotopic (exact) mass is 206 g/mol. The molecular formula is C7H11BrO2. The molecule has 0 heterocycles. The van der Waals surface area contributed by atoms with Crippen molar-refractivity contribution in [2.45, 2.75) is 19.3 Å². The van der Waals surface area contributed by atoms with Gasteiger partial charge < -0.3 is 5.11 Å². The molecule has 0 atom stereocenters. The summed E-state index contributed by atoms with van der Waals surface area (Å²) in [5.74, 6) is -0.716. The smallest absolute Gasteiger partial charge is 0.303 e. The largest absolute Gasteiger partial charge is 0.481 e. The second kappa shape index (κ2) is 6.81. The van der Waals surface area contributed by atoms with Crippen LogP contribution in [0.5, 0.6) is 0 Å². The van der Waals surface area contributed by atoms with Crippen LogP contribution < -0.4 is 0 Å². The van der Waals surface area contributed by atoms with Crippen LogP contribution >= 0.6 is 15.9 Å². The predicted octanol–water partition coefficient (Wildman–Crippen LogP) is 2.19. The number of carboxylic acids is 1. The van der Waals surface area contributed by atoms with Gasteiger partial charge in [-0.2, -0.15) is 0 Å². The minimum Gasteiger partial charge on any atom is -0.481 e. The molecule has 58 valence electrons. The molecular weight excluding hydrogens is 196 g/mol. The SMILES string of the molecule is O=C(O)CCCC=CCBr. The number of aliphatic carboxylic acids is 1. The molecule has 10 heavy (non-hydrogen) atoms. The third kappa shape index (κ3) is 7.69. The molecule has 0 saturated carbocycles. The molecule has 2 nitrogen and oxygen atoms in total. The Kier molecular flexibility index (Phi) is 6.59. The first-order chi connectivity index (χ1) is 4.77. The predicted molar refractivity (Wildman–Crippen MR) is 44.4 cm³/mol. The number of alkyl halides is 1. The van der Waals surface area contributed by atoms with E-state index in [2.05, 4.69) is 15.9 Å². The molecule has 3 heteroatoms. The van der Waals surface area contributed by atoms with Crippen LogP contribution in [0.3, 0.4) is 0 Å². The normalized spacial score (nSPS) is 10.5. The first kappa shape index (κ1) is 9.69. The van der Waals surface area contributed by atoms with Gasteiger partial charge in [-0.1, -0.05) is 28.1 Å². The van der Waals surface area contributed by atoms with E-state index in [1.165, 1.54) is 0 Å². The number of carbonyl (C=O) groups is 1. The van der Waals surface area contributed by atoms with Gasteiger partial charge in [0.1, 0.15) is 0 Å². The van der Waals surface area contributed by atoms with Crippen molar-refractivity contribution in [3.63, 3.8) is 0 Å². The van der Waals surface area contributed by atoms with Gasteiger partial charge in [0.2, 0.25) is 0 Å². The van der Waals surface area contributed by atoms with Crippen LogP contribution in [0, 0.1) is 0 Å². The molecule has 0 aliphatic rings. The van der Waals surface area contributed by atoms with Crippen LogP contribution in [-0.4, -0.2) is 16.4 Å². The van der Waals surface area contributed by atoms with Gasteiger partial charge >= 0.3 is 5.97 Å². The highest BCUT2D eigenvalue weighted by Crippen LogP contribution is 1.96. The van der Waals surface area contributed by atoms with Gasteiger partial charge in [0.15, 0.2) is 0 Å². The maximum absolute atomic E-state index is 10.00. The summed E-state index contributed by atoms with van der Waals surface area (Å²) in [5.41, 5.74) is 0. The molecule has 0 aromatic heterocycles. The Morgan fingerprint density at radius 3 is 2.70 bits per heavy atom. The molecule has 0 fully saturated rings. The Morgan fingerprint density at radius 1 is 1.50 bits per heavy atom. The number of hydrogen-bond acceptors (Lipinski definition) is 1. The maximum Gasteiger partial charge on any atom is 0.303 e. The maximum atomic E-state index is 10.00. The average Bonchev–Trinajstić information content (AvgIpc) is 1.87.